The molecule has 0 aliphatic carbocycles. The lowest BCUT2D eigenvalue weighted by molar-refractivity contribution is 0.584. The van der Waals surface area contributed by atoms with Crippen LogP contribution in [-0.4, -0.2) is 0 Å². The second-order valence-corrected chi connectivity index (χ2v) is 4.87. The monoisotopic (exact) mass is 216 g/mol. The quantitative estimate of drug-likeness (QED) is 0.427. The first-order valence-corrected chi connectivity index (χ1v) is 6.39. The predicted molar refractivity (Wildman–Crippen MR) is 72.8 cm³/mol. The zero-order valence-corrected chi connectivity index (χ0v) is 10.7. The standard InChI is InChI=1S/C16H24/c1-14(2)10-6-4-7-11-15(3)16-12-8-5-9-13-16/h5,8-9,12-13,15H,1,4,6-7,10-11H2,2-3H3. The molecule has 0 saturated carbocycles. The van der Waals surface area contributed by atoms with Gasteiger partial charge in [-0.3, -0.25) is 0 Å². The summed E-state index contributed by atoms with van der Waals surface area (Å²) in [6.07, 6.45) is 6.48. The highest BCUT2D eigenvalue weighted by atomic mass is 14.1. The normalized spacial score (nSPS) is 12.4. The molecule has 0 radical (unpaired) electrons. The summed E-state index contributed by atoms with van der Waals surface area (Å²) in [7, 11) is 0. The summed E-state index contributed by atoms with van der Waals surface area (Å²) in [6, 6.07) is 10.8. The molecule has 0 N–H and O–H groups in total. The molecule has 0 heterocycles. The van der Waals surface area contributed by atoms with Gasteiger partial charge < -0.3 is 0 Å². The Hall–Kier alpha value is -1.04. The average Bonchev–Trinajstić information content (AvgIpc) is 2.29. The van der Waals surface area contributed by atoms with Gasteiger partial charge in [0.2, 0.25) is 0 Å². The van der Waals surface area contributed by atoms with Crippen molar-refractivity contribution in [1.29, 1.82) is 0 Å². The molecule has 0 aromatic heterocycles. The minimum Gasteiger partial charge on any atom is -0.100 e. The molecular formula is C16H24. The van der Waals surface area contributed by atoms with E-state index >= 15 is 0 Å². The minimum atomic E-state index is 0.700. The zero-order chi connectivity index (χ0) is 11.8. The molecule has 0 nitrogen and oxygen atoms in total. The van der Waals surface area contributed by atoms with Crippen molar-refractivity contribution in [3.8, 4) is 0 Å². The molecule has 0 fully saturated rings. The molecule has 1 rings (SSSR count). The van der Waals surface area contributed by atoms with Crippen LogP contribution in [0.25, 0.3) is 0 Å². The molecule has 1 aromatic rings. The maximum Gasteiger partial charge on any atom is -0.0190 e. The maximum atomic E-state index is 3.94. The Morgan fingerprint density at radius 1 is 1.12 bits per heavy atom. The molecule has 16 heavy (non-hydrogen) atoms. The molecule has 0 aliphatic rings. The molecule has 1 aromatic carbocycles. The number of benzene rings is 1. The summed E-state index contributed by atoms with van der Waals surface area (Å²) in [6.45, 7) is 8.38. The van der Waals surface area contributed by atoms with Crippen molar-refractivity contribution >= 4 is 0 Å². The molecule has 0 bridgehead atoms. The van der Waals surface area contributed by atoms with Crippen molar-refractivity contribution in [2.45, 2.75) is 51.9 Å². The van der Waals surface area contributed by atoms with E-state index < -0.39 is 0 Å². The van der Waals surface area contributed by atoms with Gasteiger partial charge in [0.15, 0.2) is 0 Å². The SMILES string of the molecule is C=C(C)CCCCCC(C)c1ccccc1. The van der Waals surface area contributed by atoms with E-state index in [1.807, 2.05) is 0 Å². The fourth-order valence-corrected chi connectivity index (χ4v) is 2.00. The van der Waals surface area contributed by atoms with Crippen LogP contribution in [0.2, 0.25) is 0 Å². The van der Waals surface area contributed by atoms with Crippen LogP contribution in [0.5, 0.6) is 0 Å². The molecule has 0 aliphatic heterocycles. The molecule has 0 saturated heterocycles. The molecule has 1 atom stereocenters. The molecule has 0 heteroatoms. The summed E-state index contributed by atoms with van der Waals surface area (Å²) in [5, 5.41) is 0. The largest absolute Gasteiger partial charge is 0.100 e. The Balaban J connectivity index is 2.16. The highest BCUT2D eigenvalue weighted by molar-refractivity contribution is 5.18. The van der Waals surface area contributed by atoms with Gasteiger partial charge in [0.25, 0.3) is 0 Å². The van der Waals surface area contributed by atoms with Crippen molar-refractivity contribution in [3.05, 3.63) is 48.0 Å². The van der Waals surface area contributed by atoms with Crippen LogP contribution in [0, 0.1) is 0 Å². The molecule has 88 valence electrons. The van der Waals surface area contributed by atoms with E-state index in [1.54, 1.807) is 0 Å². The van der Waals surface area contributed by atoms with Crippen molar-refractivity contribution < 1.29 is 0 Å². The summed E-state index contributed by atoms with van der Waals surface area (Å²) in [4.78, 5) is 0. The minimum absolute atomic E-state index is 0.700. The van der Waals surface area contributed by atoms with E-state index in [9.17, 15) is 0 Å². The van der Waals surface area contributed by atoms with Crippen LogP contribution >= 0.6 is 0 Å². The van der Waals surface area contributed by atoms with Crippen LogP contribution in [0.3, 0.4) is 0 Å². The summed E-state index contributed by atoms with van der Waals surface area (Å²) >= 11 is 0. The van der Waals surface area contributed by atoms with E-state index in [2.05, 4.69) is 50.8 Å². The van der Waals surface area contributed by atoms with Gasteiger partial charge in [-0.1, -0.05) is 55.7 Å². The fraction of sp³-hybridized carbons (Fsp3) is 0.500. The number of unbranched alkanes of at least 4 members (excludes halogenated alkanes) is 2. The zero-order valence-electron chi connectivity index (χ0n) is 10.7. The van der Waals surface area contributed by atoms with Gasteiger partial charge in [0, 0.05) is 0 Å². The molecule has 0 spiro atoms. The van der Waals surface area contributed by atoms with Gasteiger partial charge in [-0.2, -0.15) is 0 Å². The first-order valence-electron chi connectivity index (χ1n) is 6.39. The Labute approximate surface area is 100 Å². The Morgan fingerprint density at radius 2 is 1.81 bits per heavy atom. The number of allylic oxidation sites excluding steroid dienone is 1. The van der Waals surface area contributed by atoms with Crippen LogP contribution in [0.15, 0.2) is 42.5 Å². The van der Waals surface area contributed by atoms with E-state index in [-0.39, 0.29) is 0 Å². The van der Waals surface area contributed by atoms with E-state index in [4.69, 9.17) is 0 Å². The molecule has 1 unspecified atom stereocenters. The maximum absolute atomic E-state index is 3.94. The van der Waals surface area contributed by atoms with Gasteiger partial charge in [0.1, 0.15) is 0 Å². The van der Waals surface area contributed by atoms with E-state index in [1.165, 1.54) is 43.2 Å². The highest BCUT2D eigenvalue weighted by Gasteiger charge is 2.03. The first kappa shape index (κ1) is 13.0. The third-order valence-electron chi connectivity index (χ3n) is 3.11. The Kier molecular flexibility index (Phi) is 5.92. The predicted octanol–water partition coefficient (Wildman–Crippen LogP) is 5.32. The number of rotatable bonds is 7. The van der Waals surface area contributed by atoms with Crippen LogP contribution in [0.4, 0.5) is 0 Å². The fourth-order valence-electron chi connectivity index (χ4n) is 2.00. The van der Waals surface area contributed by atoms with Crippen molar-refractivity contribution in [2.75, 3.05) is 0 Å². The van der Waals surface area contributed by atoms with Gasteiger partial charge in [-0.25, -0.2) is 0 Å². The lowest BCUT2D eigenvalue weighted by Crippen LogP contribution is -1.93. The summed E-state index contributed by atoms with van der Waals surface area (Å²) in [5.41, 5.74) is 2.79. The Bertz CT molecular complexity index is 297. The summed E-state index contributed by atoms with van der Waals surface area (Å²) < 4.78 is 0. The third kappa shape index (κ3) is 5.16. The summed E-state index contributed by atoms with van der Waals surface area (Å²) in [5.74, 6) is 0.700. The van der Waals surface area contributed by atoms with Crippen LogP contribution in [0.1, 0.15) is 57.4 Å². The topological polar surface area (TPSA) is 0 Å². The average molecular weight is 216 g/mol. The first-order chi connectivity index (χ1) is 7.70. The number of hydrogen-bond acceptors (Lipinski definition) is 0. The van der Waals surface area contributed by atoms with Crippen molar-refractivity contribution in [2.24, 2.45) is 0 Å². The van der Waals surface area contributed by atoms with Gasteiger partial charge in [0.05, 0.1) is 0 Å². The lowest BCUT2D eigenvalue weighted by atomic mass is 9.95. The second-order valence-electron chi connectivity index (χ2n) is 4.87. The second kappa shape index (κ2) is 7.27. The molecular weight excluding hydrogens is 192 g/mol. The lowest BCUT2D eigenvalue weighted by Gasteiger charge is -2.11. The van der Waals surface area contributed by atoms with Crippen molar-refractivity contribution in [1.82, 2.24) is 0 Å². The van der Waals surface area contributed by atoms with E-state index in [0.717, 1.165) is 0 Å². The Morgan fingerprint density at radius 3 is 2.44 bits per heavy atom. The smallest absolute Gasteiger partial charge is 0.0190 e. The molecule has 0 amide bonds. The van der Waals surface area contributed by atoms with Crippen LogP contribution < -0.4 is 0 Å². The van der Waals surface area contributed by atoms with Crippen molar-refractivity contribution in [3.63, 3.8) is 0 Å². The van der Waals surface area contributed by atoms with E-state index in [0.29, 0.717) is 5.92 Å². The highest BCUT2D eigenvalue weighted by Crippen LogP contribution is 2.21. The van der Waals surface area contributed by atoms with Gasteiger partial charge in [-0.05, 0) is 37.7 Å². The van der Waals surface area contributed by atoms with Gasteiger partial charge >= 0.3 is 0 Å². The number of hydrogen-bond donors (Lipinski definition) is 0. The van der Waals surface area contributed by atoms with Gasteiger partial charge in [-0.15, -0.1) is 6.58 Å². The van der Waals surface area contributed by atoms with Crippen LogP contribution in [-0.2, 0) is 0 Å². The third-order valence-corrected chi connectivity index (χ3v) is 3.11.